The van der Waals surface area contributed by atoms with Gasteiger partial charge in [-0.25, -0.2) is 9.78 Å². The summed E-state index contributed by atoms with van der Waals surface area (Å²) in [5.41, 5.74) is 5.82. The van der Waals surface area contributed by atoms with E-state index in [4.69, 9.17) is 11.0 Å². The molecule has 1 aromatic rings. The third-order valence-corrected chi connectivity index (χ3v) is 1.42. The van der Waals surface area contributed by atoms with Crippen LogP contribution in [-0.2, 0) is 4.74 Å². The van der Waals surface area contributed by atoms with Gasteiger partial charge in [0.1, 0.15) is 6.07 Å². The highest BCUT2D eigenvalue weighted by Gasteiger charge is 2.12. The van der Waals surface area contributed by atoms with Crippen molar-refractivity contribution in [2.75, 3.05) is 12.8 Å². The van der Waals surface area contributed by atoms with E-state index < -0.39 is 5.97 Å². The average molecular weight is 177 g/mol. The minimum absolute atomic E-state index is 0.0149. The number of hydrogen-bond donors (Lipinski definition) is 1. The maximum Gasteiger partial charge on any atom is 0.340 e. The van der Waals surface area contributed by atoms with Crippen molar-refractivity contribution < 1.29 is 9.53 Å². The first-order valence-electron chi connectivity index (χ1n) is 3.43. The number of aromatic nitrogens is 1. The lowest BCUT2D eigenvalue weighted by Gasteiger charge is -2.01. The standard InChI is InChI=1S/C8H7N3O2/c1-13-8(12)6-2-5(10)4-11-7(6)3-9/h2,4H,10H2,1H3. The molecule has 0 aromatic carbocycles. The number of nitrogens with zero attached hydrogens (tertiary/aromatic N) is 2. The van der Waals surface area contributed by atoms with Gasteiger partial charge in [-0.3, -0.25) is 0 Å². The van der Waals surface area contributed by atoms with E-state index in [1.54, 1.807) is 6.07 Å². The van der Waals surface area contributed by atoms with Gasteiger partial charge in [-0.2, -0.15) is 5.26 Å². The van der Waals surface area contributed by atoms with E-state index in [-0.39, 0.29) is 11.3 Å². The summed E-state index contributed by atoms with van der Waals surface area (Å²) in [6.07, 6.45) is 1.31. The summed E-state index contributed by atoms with van der Waals surface area (Å²) in [7, 11) is 1.23. The van der Waals surface area contributed by atoms with Gasteiger partial charge in [0.15, 0.2) is 5.69 Å². The first-order valence-corrected chi connectivity index (χ1v) is 3.43. The van der Waals surface area contributed by atoms with Crippen molar-refractivity contribution in [1.29, 1.82) is 5.26 Å². The Balaban J connectivity index is 3.25. The summed E-state index contributed by atoms with van der Waals surface area (Å²) in [6, 6.07) is 3.13. The number of methoxy groups -OCH3 is 1. The maximum atomic E-state index is 11.1. The number of hydrogen-bond acceptors (Lipinski definition) is 5. The Hall–Kier alpha value is -2.09. The molecule has 5 nitrogen and oxygen atoms in total. The molecule has 0 atom stereocenters. The summed E-state index contributed by atoms with van der Waals surface area (Å²) in [4.78, 5) is 14.8. The summed E-state index contributed by atoms with van der Waals surface area (Å²) < 4.78 is 4.45. The number of carbonyl (C=O) groups is 1. The number of esters is 1. The number of ether oxygens (including phenoxy) is 1. The zero-order valence-electron chi connectivity index (χ0n) is 6.94. The smallest absolute Gasteiger partial charge is 0.340 e. The van der Waals surface area contributed by atoms with Gasteiger partial charge < -0.3 is 10.5 Å². The molecule has 5 heteroatoms. The summed E-state index contributed by atoms with van der Waals surface area (Å²) in [5.74, 6) is -0.614. The molecule has 0 saturated carbocycles. The molecule has 0 spiro atoms. The van der Waals surface area contributed by atoms with Crippen LogP contribution < -0.4 is 5.73 Å². The normalized spacial score (nSPS) is 8.92. The molecular formula is C8H7N3O2. The predicted molar refractivity (Wildman–Crippen MR) is 44.7 cm³/mol. The van der Waals surface area contributed by atoms with Crippen LogP contribution in [0.1, 0.15) is 16.1 Å². The lowest BCUT2D eigenvalue weighted by molar-refractivity contribution is 0.0600. The van der Waals surface area contributed by atoms with Crippen molar-refractivity contribution in [3.05, 3.63) is 23.5 Å². The van der Waals surface area contributed by atoms with Crippen LogP contribution in [0, 0.1) is 11.3 Å². The first-order chi connectivity index (χ1) is 6.19. The topological polar surface area (TPSA) is 89.0 Å². The second-order valence-electron chi connectivity index (χ2n) is 2.27. The van der Waals surface area contributed by atoms with Crippen LogP contribution in [0.15, 0.2) is 12.3 Å². The fraction of sp³-hybridized carbons (Fsp3) is 0.125. The van der Waals surface area contributed by atoms with E-state index in [1.807, 2.05) is 0 Å². The molecule has 1 heterocycles. The third-order valence-electron chi connectivity index (χ3n) is 1.42. The van der Waals surface area contributed by atoms with E-state index in [1.165, 1.54) is 19.4 Å². The molecule has 0 aliphatic heterocycles. The number of rotatable bonds is 1. The number of nitrogen functional groups attached to an aromatic ring is 1. The molecule has 1 rings (SSSR count). The van der Waals surface area contributed by atoms with Gasteiger partial charge >= 0.3 is 5.97 Å². The molecular weight excluding hydrogens is 170 g/mol. The Labute approximate surface area is 74.8 Å². The second kappa shape index (κ2) is 3.54. The van der Waals surface area contributed by atoms with Crippen LogP contribution in [0.4, 0.5) is 5.69 Å². The van der Waals surface area contributed by atoms with Gasteiger partial charge in [-0.1, -0.05) is 0 Å². The fourth-order valence-electron chi connectivity index (χ4n) is 0.836. The Morgan fingerprint density at radius 3 is 3.00 bits per heavy atom. The minimum Gasteiger partial charge on any atom is -0.465 e. The maximum absolute atomic E-state index is 11.1. The van der Waals surface area contributed by atoms with E-state index in [2.05, 4.69) is 9.72 Å². The molecule has 0 amide bonds. The van der Waals surface area contributed by atoms with Crippen LogP contribution >= 0.6 is 0 Å². The highest BCUT2D eigenvalue weighted by Crippen LogP contribution is 2.10. The zero-order chi connectivity index (χ0) is 9.84. The van der Waals surface area contributed by atoms with Gasteiger partial charge in [0.05, 0.1) is 24.6 Å². The SMILES string of the molecule is COC(=O)c1cc(N)cnc1C#N. The van der Waals surface area contributed by atoms with Crippen molar-refractivity contribution in [3.63, 3.8) is 0 Å². The molecule has 66 valence electrons. The number of nitriles is 1. The van der Waals surface area contributed by atoms with Crippen LogP contribution in [-0.4, -0.2) is 18.1 Å². The van der Waals surface area contributed by atoms with Crippen molar-refractivity contribution in [1.82, 2.24) is 4.98 Å². The van der Waals surface area contributed by atoms with E-state index in [0.717, 1.165) is 0 Å². The lowest BCUT2D eigenvalue weighted by atomic mass is 10.2. The number of pyridine rings is 1. The third kappa shape index (κ3) is 1.73. The number of anilines is 1. The molecule has 0 fully saturated rings. The van der Waals surface area contributed by atoms with E-state index in [9.17, 15) is 4.79 Å². The Bertz CT molecular complexity index is 381. The largest absolute Gasteiger partial charge is 0.465 e. The van der Waals surface area contributed by atoms with Crippen LogP contribution in [0.25, 0.3) is 0 Å². The lowest BCUT2D eigenvalue weighted by Crippen LogP contribution is -2.06. The Kier molecular flexibility index (Phi) is 2.45. The number of carbonyl (C=O) groups excluding carboxylic acids is 1. The predicted octanol–water partition coefficient (Wildman–Crippen LogP) is 0.322. The van der Waals surface area contributed by atoms with Crippen molar-refractivity contribution >= 4 is 11.7 Å². The van der Waals surface area contributed by atoms with Gasteiger partial charge in [-0.05, 0) is 6.07 Å². The molecule has 0 saturated heterocycles. The minimum atomic E-state index is -0.614. The fourth-order valence-corrected chi connectivity index (χ4v) is 0.836. The van der Waals surface area contributed by atoms with Crippen LogP contribution in [0.3, 0.4) is 0 Å². The molecule has 0 unspecified atom stereocenters. The molecule has 0 aliphatic rings. The van der Waals surface area contributed by atoms with Gasteiger partial charge in [-0.15, -0.1) is 0 Å². The van der Waals surface area contributed by atoms with Crippen molar-refractivity contribution in [3.8, 4) is 6.07 Å². The van der Waals surface area contributed by atoms with Crippen LogP contribution in [0.5, 0.6) is 0 Å². The van der Waals surface area contributed by atoms with E-state index in [0.29, 0.717) is 5.69 Å². The second-order valence-corrected chi connectivity index (χ2v) is 2.27. The summed E-state index contributed by atoms with van der Waals surface area (Å²) >= 11 is 0. The molecule has 1 aromatic heterocycles. The number of nitrogens with two attached hydrogens (primary N) is 1. The van der Waals surface area contributed by atoms with E-state index >= 15 is 0 Å². The van der Waals surface area contributed by atoms with Crippen molar-refractivity contribution in [2.45, 2.75) is 0 Å². The Morgan fingerprint density at radius 2 is 2.46 bits per heavy atom. The molecule has 0 radical (unpaired) electrons. The van der Waals surface area contributed by atoms with Gasteiger partial charge in [0, 0.05) is 0 Å². The zero-order valence-corrected chi connectivity index (χ0v) is 6.94. The van der Waals surface area contributed by atoms with Gasteiger partial charge in [0.25, 0.3) is 0 Å². The van der Waals surface area contributed by atoms with Crippen molar-refractivity contribution in [2.24, 2.45) is 0 Å². The summed E-state index contributed by atoms with van der Waals surface area (Å²) in [5, 5.41) is 8.59. The first kappa shape index (κ1) is 9.00. The van der Waals surface area contributed by atoms with Crippen LogP contribution in [0.2, 0.25) is 0 Å². The highest BCUT2D eigenvalue weighted by atomic mass is 16.5. The quantitative estimate of drug-likeness (QED) is 0.624. The highest BCUT2D eigenvalue weighted by molar-refractivity contribution is 5.92. The Morgan fingerprint density at radius 1 is 1.77 bits per heavy atom. The molecule has 2 N–H and O–H groups in total. The molecule has 0 bridgehead atoms. The molecule has 13 heavy (non-hydrogen) atoms. The molecule has 0 aliphatic carbocycles. The monoisotopic (exact) mass is 177 g/mol. The summed E-state index contributed by atoms with van der Waals surface area (Å²) in [6.45, 7) is 0. The van der Waals surface area contributed by atoms with Gasteiger partial charge in [0.2, 0.25) is 0 Å². The average Bonchev–Trinajstić information content (AvgIpc) is 2.16.